The van der Waals surface area contributed by atoms with Gasteiger partial charge >= 0.3 is 0 Å². The number of furan rings is 1. The van der Waals surface area contributed by atoms with Gasteiger partial charge < -0.3 is 14.9 Å². The molecule has 2 N–H and O–H groups in total. The van der Waals surface area contributed by atoms with Gasteiger partial charge in [0, 0.05) is 5.56 Å². The van der Waals surface area contributed by atoms with Crippen LogP contribution in [0.15, 0.2) is 28.9 Å². The van der Waals surface area contributed by atoms with Crippen molar-refractivity contribution in [2.45, 2.75) is 6.92 Å². The van der Waals surface area contributed by atoms with Crippen LogP contribution in [0, 0.1) is 11.3 Å². The first-order valence-corrected chi connectivity index (χ1v) is 5.75. The van der Waals surface area contributed by atoms with Crippen LogP contribution in [0.3, 0.4) is 0 Å². The van der Waals surface area contributed by atoms with Crippen molar-refractivity contribution in [1.29, 1.82) is 5.26 Å². The van der Waals surface area contributed by atoms with Gasteiger partial charge in [-0.2, -0.15) is 5.26 Å². The largest absolute Gasteiger partial charge is 0.492 e. The number of ether oxygens (including phenoxy) is 1. The fourth-order valence-electron chi connectivity index (χ4n) is 1.64. The van der Waals surface area contributed by atoms with Crippen molar-refractivity contribution < 1.29 is 9.15 Å². The van der Waals surface area contributed by atoms with Gasteiger partial charge in [0.1, 0.15) is 23.6 Å². The van der Waals surface area contributed by atoms with Crippen molar-refractivity contribution in [3.8, 4) is 22.9 Å². The summed E-state index contributed by atoms with van der Waals surface area (Å²) in [5, 5.41) is 9.49. The number of anilines is 1. The average Bonchev–Trinajstić information content (AvgIpc) is 2.73. The molecule has 0 aliphatic rings. The van der Waals surface area contributed by atoms with E-state index >= 15 is 0 Å². The van der Waals surface area contributed by atoms with E-state index in [4.69, 9.17) is 31.8 Å². The SMILES string of the molecule is CCOc1ccc(-c2coc(N)c2C#N)cc1Cl. The van der Waals surface area contributed by atoms with Crippen molar-refractivity contribution in [2.24, 2.45) is 0 Å². The van der Waals surface area contributed by atoms with Crippen LogP contribution in [0.5, 0.6) is 5.75 Å². The van der Waals surface area contributed by atoms with Crippen LogP contribution in [0.2, 0.25) is 5.02 Å². The Morgan fingerprint density at radius 3 is 2.89 bits per heavy atom. The first kappa shape index (κ1) is 12.3. The zero-order chi connectivity index (χ0) is 13.1. The van der Waals surface area contributed by atoms with E-state index in [0.717, 1.165) is 5.56 Å². The quantitative estimate of drug-likeness (QED) is 0.919. The zero-order valence-electron chi connectivity index (χ0n) is 9.74. The minimum atomic E-state index is 0.109. The van der Waals surface area contributed by atoms with Crippen molar-refractivity contribution in [3.05, 3.63) is 35.0 Å². The molecule has 18 heavy (non-hydrogen) atoms. The van der Waals surface area contributed by atoms with Crippen LogP contribution in [0.25, 0.3) is 11.1 Å². The highest BCUT2D eigenvalue weighted by molar-refractivity contribution is 6.32. The molecule has 4 nitrogen and oxygen atoms in total. The summed E-state index contributed by atoms with van der Waals surface area (Å²) >= 11 is 6.09. The molecule has 0 unspecified atom stereocenters. The first-order valence-electron chi connectivity index (χ1n) is 5.37. The van der Waals surface area contributed by atoms with E-state index in [9.17, 15) is 0 Å². The molecular formula is C13H11ClN2O2. The Kier molecular flexibility index (Phi) is 3.45. The maximum absolute atomic E-state index is 9.01. The Hall–Kier alpha value is -2.12. The fraction of sp³-hybridized carbons (Fsp3) is 0.154. The lowest BCUT2D eigenvalue weighted by Crippen LogP contribution is -1.92. The van der Waals surface area contributed by atoms with Crippen LogP contribution < -0.4 is 10.5 Å². The van der Waals surface area contributed by atoms with E-state index in [-0.39, 0.29) is 5.88 Å². The van der Waals surface area contributed by atoms with E-state index < -0.39 is 0 Å². The first-order chi connectivity index (χ1) is 8.67. The number of halogens is 1. The van der Waals surface area contributed by atoms with Crippen LogP contribution in [-0.2, 0) is 0 Å². The maximum atomic E-state index is 9.01. The molecule has 2 rings (SSSR count). The third-order valence-electron chi connectivity index (χ3n) is 2.47. The topological polar surface area (TPSA) is 72.2 Å². The Labute approximate surface area is 110 Å². The van der Waals surface area contributed by atoms with Gasteiger partial charge in [0.15, 0.2) is 0 Å². The normalized spacial score (nSPS) is 10.1. The molecule has 0 bridgehead atoms. The zero-order valence-corrected chi connectivity index (χ0v) is 10.5. The van der Waals surface area contributed by atoms with Gasteiger partial charge in [0.25, 0.3) is 0 Å². The third kappa shape index (κ3) is 2.13. The highest BCUT2D eigenvalue weighted by Crippen LogP contribution is 2.34. The number of rotatable bonds is 3. The smallest absolute Gasteiger partial charge is 0.208 e. The van der Waals surface area contributed by atoms with Crippen LogP contribution in [0.1, 0.15) is 12.5 Å². The predicted molar refractivity (Wildman–Crippen MR) is 69.5 cm³/mol. The van der Waals surface area contributed by atoms with Crippen molar-refractivity contribution in [1.82, 2.24) is 0 Å². The number of hydrogen-bond acceptors (Lipinski definition) is 4. The third-order valence-corrected chi connectivity index (χ3v) is 2.77. The number of nitriles is 1. The Bertz CT molecular complexity index is 614. The Balaban J connectivity index is 2.46. The van der Waals surface area contributed by atoms with Gasteiger partial charge in [0.05, 0.1) is 11.6 Å². The van der Waals surface area contributed by atoms with E-state index in [2.05, 4.69) is 0 Å². The summed E-state index contributed by atoms with van der Waals surface area (Å²) in [6, 6.07) is 7.29. The number of nitrogens with two attached hydrogens (primary N) is 1. The van der Waals surface area contributed by atoms with Gasteiger partial charge in [-0.1, -0.05) is 17.7 Å². The van der Waals surface area contributed by atoms with Gasteiger partial charge in [-0.3, -0.25) is 0 Å². The number of nitrogen functional groups attached to an aromatic ring is 1. The summed E-state index contributed by atoms with van der Waals surface area (Å²) in [7, 11) is 0. The van der Waals surface area contributed by atoms with Crippen LogP contribution in [-0.4, -0.2) is 6.61 Å². The van der Waals surface area contributed by atoms with Gasteiger partial charge in [-0.15, -0.1) is 0 Å². The summed E-state index contributed by atoms with van der Waals surface area (Å²) in [6.07, 6.45) is 1.44. The number of benzene rings is 1. The van der Waals surface area contributed by atoms with E-state index in [1.54, 1.807) is 12.1 Å². The molecule has 0 radical (unpaired) electrons. The highest BCUT2D eigenvalue weighted by Gasteiger charge is 2.14. The maximum Gasteiger partial charge on any atom is 0.208 e. The molecule has 0 aliphatic heterocycles. The molecular weight excluding hydrogens is 252 g/mol. The molecule has 1 heterocycles. The minimum Gasteiger partial charge on any atom is -0.492 e. The monoisotopic (exact) mass is 262 g/mol. The molecule has 0 amide bonds. The number of hydrogen-bond donors (Lipinski definition) is 1. The lowest BCUT2D eigenvalue weighted by molar-refractivity contribution is 0.340. The second-order valence-corrected chi connectivity index (χ2v) is 3.99. The lowest BCUT2D eigenvalue weighted by Gasteiger charge is -2.06. The Morgan fingerprint density at radius 2 is 2.28 bits per heavy atom. The van der Waals surface area contributed by atoms with Crippen molar-refractivity contribution >= 4 is 17.5 Å². The molecule has 0 aliphatic carbocycles. The van der Waals surface area contributed by atoms with E-state index in [0.29, 0.717) is 28.5 Å². The molecule has 5 heteroatoms. The molecule has 0 atom stereocenters. The molecule has 1 aromatic heterocycles. The summed E-state index contributed by atoms with van der Waals surface area (Å²) in [5.41, 5.74) is 7.26. The molecule has 2 aromatic rings. The van der Waals surface area contributed by atoms with Gasteiger partial charge in [0.2, 0.25) is 5.88 Å². The summed E-state index contributed by atoms with van der Waals surface area (Å²) in [5.74, 6) is 0.718. The summed E-state index contributed by atoms with van der Waals surface area (Å²) in [6.45, 7) is 2.43. The molecule has 1 aromatic carbocycles. The Morgan fingerprint density at radius 1 is 1.50 bits per heavy atom. The minimum absolute atomic E-state index is 0.109. The highest BCUT2D eigenvalue weighted by atomic mass is 35.5. The second-order valence-electron chi connectivity index (χ2n) is 3.58. The molecule has 0 fully saturated rings. The summed E-state index contributed by atoms with van der Waals surface area (Å²) < 4.78 is 10.4. The van der Waals surface area contributed by atoms with Crippen LogP contribution in [0.4, 0.5) is 5.88 Å². The summed E-state index contributed by atoms with van der Waals surface area (Å²) in [4.78, 5) is 0. The second kappa shape index (κ2) is 5.03. The van der Waals surface area contributed by atoms with E-state index in [1.165, 1.54) is 6.26 Å². The lowest BCUT2D eigenvalue weighted by atomic mass is 10.0. The van der Waals surface area contributed by atoms with Crippen molar-refractivity contribution in [2.75, 3.05) is 12.3 Å². The fourth-order valence-corrected chi connectivity index (χ4v) is 1.88. The molecule has 0 spiro atoms. The van der Waals surface area contributed by atoms with Crippen LogP contribution >= 0.6 is 11.6 Å². The standard InChI is InChI=1S/C13H11ClN2O2/c1-2-17-12-4-3-8(5-11(12)14)10-7-18-13(16)9(10)6-15/h3-5,7H,2,16H2,1H3. The van der Waals surface area contributed by atoms with Gasteiger partial charge in [-0.05, 0) is 24.6 Å². The average molecular weight is 263 g/mol. The molecule has 92 valence electrons. The predicted octanol–water partition coefficient (Wildman–Crippen LogP) is 3.45. The van der Waals surface area contributed by atoms with Gasteiger partial charge in [-0.25, -0.2) is 0 Å². The van der Waals surface area contributed by atoms with E-state index in [1.807, 2.05) is 19.1 Å². The number of nitrogens with zero attached hydrogens (tertiary/aromatic N) is 1. The molecule has 0 saturated heterocycles. The van der Waals surface area contributed by atoms with Crippen molar-refractivity contribution in [3.63, 3.8) is 0 Å². The molecule has 0 saturated carbocycles.